The first-order valence-electron chi connectivity index (χ1n) is 28.6. The third-order valence-corrected chi connectivity index (χ3v) is 19.1. The molecule has 2 amide bonds. The number of aliphatic hydroxyl groups is 1. The maximum Gasteiger partial charge on any atom is 0.243 e. The van der Waals surface area contributed by atoms with Crippen molar-refractivity contribution in [1.82, 2.24) is 40.4 Å². The molecule has 6 fully saturated rings. The molecule has 6 aliphatic rings. The molecule has 416 valence electrons. The van der Waals surface area contributed by atoms with Crippen LogP contribution in [0.25, 0.3) is 21.7 Å². The number of nitrogen functional groups attached to an aromatic ring is 1. The molecule has 1 unspecified atom stereocenters. The highest BCUT2D eigenvalue weighted by Gasteiger charge is 2.46. The number of ether oxygens (including phenoxy) is 1. The van der Waals surface area contributed by atoms with Crippen LogP contribution in [0.3, 0.4) is 0 Å². The van der Waals surface area contributed by atoms with Gasteiger partial charge in [-0.25, -0.2) is 9.97 Å². The molecule has 1 saturated carbocycles. The Kier molecular flexibility index (Phi) is 14.7. The molecule has 2 bridgehead atoms. The molecular weight excluding hydrogens is 1020 g/mol. The molecule has 19 heteroatoms. The third-order valence-electron chi connectivity index (χ3n) is 18.1. The van der Waals surface area contributed by atoms with Crippen molar-refractivity contribution in [2.24, 2.45) is 17.3 Å². The van der Waals surface area contributed by atoms with Gasteiger partial charge in [0.1, 0.15) is 23.8 Å². The number of hydrogen-bond acceptors (Lipinski definition) is 17. The predicted molar refractivity (Wildman–Crippen MR) is 305 cm³/mol. The molecule has 6 aromatic rings. The van der Waals surface area contributed by atoms with Crippen LogP contribution in [0.5, 0.6) is 11.6 Å². The van der Waals surface area contributed by atoms with E-state index < -0.39 is 18.1 Å². The number of fused-ring (bicyclic) bond motifs is 2. The van der Waals surface area contributed by atoms with E-state index in [-0.39, 0.29) is 54.0 Å². The Hall–Kier alpha value is -6.83. The van der Waals surface area contributed by atoms with Crippen molar-refractivity contribution in [2.45, 2.75) is 128 Å². The monoisotopic (exact) mass is 1090 g/mol. The molecule has 5 saturated heterocycles. The van der Waals surface area contributed by atoms with Gasteiger partial charge in [0.2, 0.25) is 17.7 Å². The van der Waals surface area contributed by atoms with E-state index in [2.05, 4.69) is 62.4 Å². The van der Waals surface area contributed by atoms with E-state index in [1.165, 1.54) is 12.8 Å². The standard InChI is InChI=1S/C60H74N12O6S/c1-36(2)55(59(76)71-33-45(73)27-50(71)58(75)64-37(3)40-10-12-41(13-11-40)56-38(4)63-35-79-56)52-29-53(67-78-52)69-22-18-60(19-23-69)17-7-21-68(34-60)30-39-24-46(25-39)77-54-26-42(16-20-62-54)72-43-14-15-44(72)32-70(31-43)49-28-48(65-66-57(49)61)47-8-5-6-9-51(47)74/h5-6,8-13,16,20,26,28-29,35-37,39,43-46,50,55,73-74H,7,14-15,17-19,21-25,27,30-34H2,1-4H3,(H2,61,66)(H,64,75)/t37-,39?,43+,44?,45+,46?,50-,55-/m0/s1. The fraction of sp³-hybridized carbons (Fsp3) is 0.517. The summed E-state index contributed by atoms with van der Waals surface area (Å²) in [4.78, 5) is 50.0. The number of amides is 2. The maximum atomic E-state index is 14.5. The lowest BCUT2D eigenvalue weighted by molar-refractivity contribution is -0.141. The van der Waals surface area contributed by atoms with Crippen LogP contribution in [0.15, 0.2) is 89.0 Å². The van der Waals surface area contributed by atoms with Crippen LogP contribution in [-0.2, 0) is 9.59 Å². The second kappa shape index (κ2) is 22.0. The summed E-state index contributed by atoms with van der Waals surface area (Å²) in [6, 6.07) is 22.9. The van der Waals surface area contributed by atoms with Crippen LogP contribution in [0.4, 0.5) is 23.0 Å². The second-order valence-corrected chi connectivity index (χ2v) is 24.6. The number of likely N-dealkylation sites (tertiary alicyclic amines) is 2. The van der Waals surface area contributed by atoms with Crippen LogP contribution in [0, 0.1) is 24.2 Å². The van der Waals surface area contributed by atoms with Crippen molar-refractivity contribution in [1.29, 1.82) is 0 Å². The Morgan fingerprint density at radius 2 is 1.68 bits per heavy atom. The first kappa shape index (κ1) is 52.8. The summed E-state index contributed by atoms with van der Waals surface area (Å²) in [5, 5.41) is 37.6. The first-order chi connectivity index (χ1) is 38.2. The molecule has 12 rings (SSSR count). The molecule has 5 aliphatic heterocycles. The molecule has 5 N–H and O–H groups in total. The fourth-order valence-electron chi connectivity index (χ4n) is 13.8. The lowest BCUT2D eigenvalue weighted by Gasteiger charge is -2.49. The van der Waals surface area contributed by atoms with E-state index in [1.54, 1.807) is 28.4 Å². The number of para-hydroxylation sites is 1. The highest BCUT2D eigenvalue weighted by atomic mass is 32.1. The van der Waals surface area contributed by atoms with E-state index in [9.17, 15) is 19.8 Å². The highest BCUT2D eigenvalue weighted by Crippen LogP contribution is 2.44. The third kappa shape index (κ3) is 10.8. The van der Waals surface area contributed by atoms with Gasteiger partial charge in [0.05, 0.1) is 39.6 Å². The summed E-state index contributed by atoms with van der Waals surface area (Å²) < 4.78 is 12.6. The number of pyridine rings is 1. The van der Waals surface area contributed by atoms with Gasteiger partial charge in [0.15, 0.2) is 17.4 Å². The topological polar surface area (TPSA) is 216 Å². The highest BCUT2D eigenvalue weighted by molar-refractivity contribution is 7.13. The van der Waals surface area contributed by atoms with E-state index in [4.69, 9.17) is 15.0 Å². The van der Waals surface area contributed by atoms with Gasteiger partial charge in [-0.15, -0.1) is 21.5 Å². The van der Waals surface area contributed by atoms with Crippen molar-refractivity contribution >= 4 is 46.2 Å². The normalized spacial score (nSPS) is 24.7. The van der Waals surface area contributed by atoms with Gasteiger partial charge in [-0.2, -0.15) is 0 Å². The molecule has 4 aromatic heterocycles. The Labute approximate surface area is 466 Å². The number of nitrogens with zero attached hydrogens (tertiary/aromatic N) is 10. The fourth-order valence-corrected chi connectivity index (χ4v) is 14.7. The zero-order chi connectivity index (χ0) is 54.5. The van der Waals surface area contributed by atoms with Crippen LogP contribution in [0.1, 0.15) is 108 Å². The van der Waals surface area contributed by atoms with Crippen molar-refractivity contribution in [3.8, 4) is 33.3 Å². The van der Waals surface area contributed by atoms with E-state index in [0.29, 0.717) is 46.7 Å². The minimum absolute atomic E-state index is 0.0852. The molecule has 1 aliphatic carbocycles. The molecule has 1 spiro atoms. The lowest BCUT2D eigenvalue weighted by atomic mass is 9.72. The van der Waals surface area contributed by atoms with E-state index in [0.717, 1.165) is 123 Å². The molecule has 2 aromatic carbocycles. The Balaban J connectivity index is 0.608. The van der Waals surface area contributed by atoms with Gasteiger partial charge in [-0.05, 0) is 124 Å². The predicted octanol–water partition coefficient (Wildman–Crippen LogP) is 8.22. The quantitative estimate of drug-likeness (QED) is 0.0762. The van der Waals surface area contributed by atoms with Crippen LogP contribution in [-0.4, -0.2) is 140 Å². The molecule has 9 heterocycles. The van der Waals surface area contributed by atoms with Crippen molar-refractivity contribution in [2.75, 3.05) is 72.8 Å². The number of piperidine rings is 2. The summed E-state index contributed by atoms with van der Waals surface area (Å²) in [7, 11) is 0. The maximum absolute atomic E-state index is 14.5. The van der Waals surface area contributed by atoms with E-state index in [1.807, 2.05) is 87.9 Å². The number of benzene rings is 2. The van der Waals surface area contributed by atoms with Crippen molar-refractivity contribution in [3.05, 3.63) is 102 Å². The number of hydrogen-bond donors (Lipinski definition) is 4. The van der Waals surface area contributed by atoms with Crippen molar-refractivity contribution in [3.63, 3.8) is 0 Å². The number of piperazine rings is 1. The van der Waals surface area contributed by atoms with Crippen molar-refractivity contribution < 1.29 is 29.1 Å². The van der Waals surface area contributed by atoms with Crippen LogP contribution < -0.4 is 30.5 Å². The number of thiazole rings is 1. The van der Waals surface area contributed by atoms with Crippen LogP contribution >= 0.6 is 11.3 Å². The number of β-amino-alcohol motifs (C(OH)–C–C–N with tert-alkyl or cyclic N) is 1. The molecule has 18 nitrogen and oxygen atoms in total. The number of rotatable bonds is 15. The number of nitrogens with two attached hydrogens (primary N) is 1. The van der Waals surface area contributed by atoms with Gasteiger partial charge in [-0.3, -0.25) is 9.59 Å². The second-order valence-electron chi connectivity index (χ2n) is 23.8. The summed E-state index contributed by atoms with van der Waals surface area (Å²) in [6.07, 6.45) is 10.2. The minimum Gasteiger partial charge on any atom is -0.507 e. The average Bonchev–Trinajstić information content (AvgIpc) is 4.43. The average molecular weight is 1090 g/mol. The SMILES string of the molecule is Cc1ncsc1-c1ccc([C@H](C)NC(=O)[C@@H]2C[C@@H](O)CN2C(=O)[C@H](c2cc(N3CCC4(CCCN(CC5CC(Oc6cc(N7C8CC[C@@H]7CN(c7cc(-c9ccccc9O)nnc7N)C8)ccn6)C5)C4)CC3)no2)C(C)C)cc1. The number of aromatic hydroxyl groups is 1. The molecular formula is C60H74N12O6S. The number of carbonyl (C=O) groups is 2. The molecule has 6 atom stereocenters. The number of nitrogens with one attached hydrogen (secondary N) is 1. The number of aryl methyl sites for hydroxylation is 1. The zero-order valence-corrected chi connectivity index (χ0v) is 46.6. The molecule has 79 heavy (non-hydrogen) atoms. The number of carbonyl (C=O) groups excluding carboxylic acids is 2. The largest absolute Gasteiger partial charge is 0.507 e. The Morgan fingerprint density at radius 3 is 2.42 bits per heavy atom. The van der Waals surface area contributed by atoms with Gasteiger partial charge < -0.3 is 55.0 Å². The summed E-state index contributed by atoms with van der Waals surface area (Å²) in [5.74, 6) is 1.79. The Morgan fingerprint density at radius 1 is 0.911 bits per heavy atom. The number of phenolic OH excluding ortho intramolecular Hbond substituents is 1. The summed E-state index contributed by atoms with van der Waals surface area (Å²) in [5.41, 5.74) is 14.8. The number of phenols is 1. The zero-order valence-electron chi connectivity index (χ0n) is 45.8. The van der Waals surface area contributed by atoms with Gasteiger partial charge in [0, 0.05) is 93.9 Å². The Bertz CT molecular complexity index is 3120. The number of aromatic nitrogens is 5. The number of anilines is 4. The lowest BCUT2D eigenvalue weighted by Crippen LogP contribution is -2.54. The first-order valence-corrected chi connectivity index (χ1v) is 29.4. The van der Waals surface area contributed by atoms with Gasteiger partial charge >= 0.3 is 0 Å². The van der Waals surface area contributed by atoms with Crippen LogP contribution in [0.2, 0.25) is 0 Å². The molecule has 0 radical (unpaired) electrons. The van der Waals surface area contributed by atoms with Gasteiger partial charge in [-0.1, -0.05) is 55.4 Å². The smallest absolute Gasteiger partial charge is 0.243 e. The minimum atomic E-state index is -0.804. The number of aliphatic hydroxyl groups excluding tert-OH is 1. The van der Waals surface area contributed by atoms with Gasteiger partial charge in [0.25, 0.3) is 0 Å². The summed E-state index contributed by atoms with van der Waals surface area (Å²) in [6.45, 7) is 14.7. The van der Waals surface area contributed by atoms with E-state index >= 15 is 0 Å². The summed E-state index contributed by atoms with van der Waals surface area (Å²) >= 11 is 1.60.